The topological polar surface area (TPSA) is 34.2 Å². The minimum absolute atomic E-state index is 0.458. The number of nitrogens with one attached hydrogen (secondary N) is 1. The van der Waals surface area contributed by atoms with E-state index in [1.165, 1.54) is 47.7 Å². The molecule has 0 bridgehead atoms. The number of thiazole rings is 1. The summed E-state index contributed by atoms with van der Waals surface area (Å²) in [5.74, 6) is 0.758. The van der Waals surface area contributed by atoms with E-state index in [1.807, 2.05) is 11.3 Å². The molecule has 20 heavy (non-hydrogen) atoms. The Labute approximate surface area is 125 Å². The van der Waals surface area contributed by atoms with Crippen LogP contribution in [0.3, 0.4) is 0 Å². The van der Waals surface area contributed by atoms with Crippen molar-refractivity contribution in [1.82, 2.24) is 10.3 Å². The minimum Gasteiger partial charge on any atom is -0.377 e. The molecule has 2 heterocycles. The van der Waals surface area contributed by atoms with Gasteiger partial charge in [0.05, 0.1) is 16.8 Å². The van der Waals surface area contributed by atoms with Gasteiger partial charge in [-0.25, -0.2) is 4.98 Å². The number of aromatic nitrogens is 1. The Morgan fingerprint density at radius 2 is 2.15 bits per heavy atom. The third-order valence-electron chi connectivity index (χ3n) is 5.78. The first-order valence-corrected chi connectivity index (χ1v) is 8.80. The molecule has 1 spiro atoms. The lowest BCUT2D eigenvalue weighted by Crippen LogP contribution is -2.67. The van der Waals surface area contributed by atoms with Crippen molar-refractivity contribution in [3.05, 3.63) is 15.6 Å². The Morgan fingerprint density at radius 3 is 2.85 bits per heavy atom. The zero-order valence-electron chi connectivity index (χ0n) is 12.4. The molecule has 3 fully saturated rings. The molecule has 0 radical (unpaired) electrons. The number of fused-ring (bicyclic) bond motifs is 2. The van der Waals surface area contributed by atoms with E-state index in [1.54, 1.807) is 0 Å². The molecule has 2 saturated carbocycles. The van der Waals surface area contributed by atoms with Gasteiger partial charge in [0.2, 0.25) is 0 Å². The summed E-state index contributed by atoms with van der Waals surface area (Å²) in [5, 5.41) is 5.04. The lowest BCUT2D eigenvalue weighted by atomic mass is 9.54. The highest BCUT2D eigenvalue weighted by Crippen LogP contribution is 2.60. The van der Waals surface area contributed by atoms with Crippen LogP contribution < -0.4 is 5.32 Å². The molecule has 1 saturated heterocycles. The van der Waals surface area contributed by atoms with Crippen LogP contribution in [-0.4, -0.2) is 23.7 Å². The molecule has 0 amide bonds. The normalized spacial score (nSPS) is 34.4. The standard InChI is InChI=1S/C16H24N2OS/c1-10-13(18-11(2)20-10)9-17-14-12-5-8-19-15(12)16(14)6-3-4-7-16/h12,14-15,17H,3-9H2,1-2H3. The number of nitrogens with zero attached hydrogens (tertiary/aromatic N) is 1. The van der Waals surface area contributed by atoms with Crippen molar-refractivity contribution < 1.29 is 4.74 Å². The number of aryl methyl sites for hydroxylation is 2. The van der Waals surface area contributed by atoms with Gasteiger partial charge < -0.3 is 10.1 Å². The zero-order valence-corrected chi connectivity index (χ0v) is 13.3. The van der Waals surface area contributed by atoms with Gasteiger partial charge in [0.25, 0.3) is 0 Å². The van der Waals surface area contributed by atoms with Crippen LogP contribution in [0.4, 0.5) is 0 Å². The van der Waals surface area contributed by atoms with E-state index in [0.717, 1.165) is 19.1 Å². The largest absolute Gasteiger partial charge is 0.377 e. The summed E-state index contributed by atoms with van der Waals surface area (Å²) in [6, 6.07) is 0.666. The summed E-state index contributed by atoms with van der Waals surface area (Å²) in [6.45, 7) is 6.20. The Hall–Kier alpha value is -0.450. The molecule has 3 aliphatic rings. The first-order chi connectivity index (χ1) is 9.71. The fourth-order valence-corrected chi connectivity index (χ4v) is 5.79. The van der Waals surface area contributed by atoms with E-state index in [9.17, 15) is 0 Å². The van der Waals surface area contributed by atoms with Gasteiger partial charge in [-0.2, -0.15) is 0 Å². The molecular weight excluding hydrogens is 268 g/mol. The Morgan fingerprint density at radius 1 is 1.35 bits per heavy atom. The van der Waals surface area contributed by atoms with E-state index >= 15 is 0 Å². The highest BCUT2D eigenvalue weighted by Gasteiger charge is 2.64. The van der Waals surface area contributed by atoms with Gasteiger partial charge in [-0.1, -0.05) is 12.8 Å². The Balaban J connectivity index is 1.49. The zero-order chi connectivity index (χ0) is 13.7. The van der Waals surface area contributed by atoms with Crippen LogP contribution in [0.2, 0.25) is 0 Å². The molecule has 110 valence electrons. The maximum absolute atomic E-state index is 6.05. The van der Waals surface area contributed by atoms with E-state index in [2.05, 4.69) is 24.1 Å². The van der Waals surface area contributed by atoms with E-state index in [4.69, 9.17) is 4.74 Å². The van der Waals surface area contributed by atoms with Crippen molar-refractivity contribution in [2.75, 3.05) is 6.61 Å². The molecule has 1 aliphatic heterocycles. The third-order valence-corrected chi connectivity index (χ3v) is 6.70. The summed E-state index contributed by atoms with van der Waals surface area (Å²) in [5.41, 5.74) is 1.71. The van der Waals surface area contributed by atoms with Gasteiger partial charge in [0.1, 0.15) is 0 Å². The van der Waals surface area contributed by atoms with Crippen LogP contribution in [0.15, 0.2) is 0 Å². The van der Waals surface area contributed by atoms with Crippen LogP contribution in [0.1, 0.15) is 47.7 Å². The molecule has 1 aromatic heterocycles. The molecule has 3 unspecified atom stereocenters. The van der Waals surface area contributed by atoms with Crippen molar-refractivity contribution in [1.29, 1.82) is 0 Å². The van der Waals surface area contributed by atoms with E-state index in [0.29, 0.717) is 17.6 Å². The fourth-order valence-electron chi connectivity index (χ4n) is 4.95. The van der Waals surface area contributed by atoms with Gasteiger partial charge in [-0.15, -0.1) is 11.3 Å². The summed E-state index contributed by atoms with van der Waals surface area (Å²) in [7, 11) is 0. The Kier molecular flexibility index (Phi) is 3.17. The maximum atomic E-state index is 6.05. The fraction of sp³-hybridized carbons (Fsp3) is 0.812. The van der Waals surface area contributed by atoms with Gasteiger partial charge in [0.15, 0.2) is 0 Å². The van der Waals surface area contributed by atoms with Gasteiger partial charge in [-0.05, 0) is 33.1 Å². The Bertz CT molecular complexity index is 507. The predicted molar refractivity (Wildman–Crippen MR) is 81.0 cm³/mol. The second kappa shape index (κ2) is 4.79. The van der Waals surface area contributed by atoms with Gasteiger partial charge >= 0.3 is 0 Å². The molecule has 1 N–H and O–H groups in total. The van der Waals surface area contributed by atoms with Crippen molar-refractivity contribution in [2.45, 2.75) is 64.6 Å². The van der Waals surface area contributed by atoms with Crippen LogP contribution in [0.25, 0.3) is 0 Å². The molecule has 4 heteroatoms. The third kappa shape index (κ3) is 1.81. The molecule has 1 aromatic rings. The maximum Gasteiger partial charge on any atom is 0.0900 e. The summed E-state index contributed by atoms with van der Waals surface area (Å²) < 4.78 is 6.05. The number of ether oxygens (including phenoxy) is 1. The molecule has 2 aliphatic carbocycles. The smallest absolute Gasteiger partial charge is 0.0900 e. The summed E-state index contributed by atoms with van der Waals surface area (Å²) in [4.78, 5) is 6.04. The average Bonchev–Trinajstić information content (AvgIpc) is 3.09. The SMILES string of the molecule is Cc1nc(CNC2C3CCOC3C23CCCC3)c(C)s1. The number of hydrogen-bond acceptors (Lipinski definition) is 4. The molecule has 4 rings (SSSR count). The average molecular weight is 292 g/mol. The van der Waals surface area contributed by atoms with Crippen molar-refractivity contribution in [3.63, 3.8) is 0 Å². The summed E-state index contributed by atoms with van der Waals surface area (Å²) in [6.07, 6.45) is 7.31. The van der Waals surface area contributed by atoms with Crippen LogP contribution in [-0.2, 0) is 11.3 Å². The number of rotatable bonds is 3. The lowest BCUT2D eigenvalue weighted by molar-refractivity contribution is -0.131. The van der Waals surface area contributed by atoms with Crippen molar-refractivity contribution >= 4 is 11.3 Å². The van der Waals surface area contributed by atoms with Gasteiger partial charge in [0, 0.05) is 35.4 Å². The van der Waals surface area contributed by atoms with Crippen molar-refractivity contribution in [2.24, 2.45) is 11.3 Å². The minimum atomic E-state index is 0.458. The monoisotopic (exact) mass is 292 g/mol. The predicted octanol–water partition coefficient (Wildman–Crippen LogP) is 3.20. The van der Waals surface area contributed by atoms with Gasteiger partial charge in [-0.3, -0.25) is 0 Å². The second-order valence-electron chi connectivity index (χ2n) is 6.78. The highest BCUT2D eigenvalue weighted by atomic mass is 32.1. The van der Waals surface area contributed by atoms with Crippen LogP contribution >= 0.6 is 11.3 Å². The first kappa shape index (κ1) is 13.2. The number of hydrogen-bond donors (Lipinski definition) is 1. The first-order valence-electron chi connectivity index (χ1n) is 7.98. The molecular formula is C16H24N2OS. The van der Waals surface area contributed by atoms with E-state index < -0.39 is 0 Å². The molecule has 0 aromatic carbocycles. The lowest BCUT2D eigenvalue weighted by Gasteiger charge is -2.57. The van der Waals surface area contributed by atoms with E-state index in [-0.39, 0.29) is 0 Å². The van der Waals surface area contributed by atoms with Crippen molar-refractivity contribution in [3.8, 4) is 0 Å². The van der Waals surface area contributed by atoms with Crippen LogP contribution in [0, 0.1) is 25.2 Å². The summed E-state index contributed by atoms with van der Waals surface area (Å²) >= 11 is 1.81. The quantitative estimate of drug-likeness (QED) is 0.929. The molecule has 3 nitrogen and oxygen atoms in total. The second-order valence-corrected chi connectivity index (χ2v) is 8.19. The van der Waals surface area contributed by atoms with Crippen LogP contribution in [0.5, 0.6) is 0 Å². The highest BCUT2D eigenvalue weighted by molar-refractivity contribution is 7.11. The molecule has 3 atom stereocenters.